The molecule has 0 amide bonds. The van der Waals surface area contributed by atoms with Crippen LogP contribution in [0.3, 0.4) is 0 Å². The fraction of sp³-hybridized carbons (Fsp3) is 0.474. The number of hydrogen-bond donors (Lipinski definition) is 1. The highest BCUT2D eigenvalue weighted by molar-refractivity contribution is 5.95. The summed E-state index contributed by atoms with van der Waals surface area (Å²) in [6, 6.07) is 8.05. The van der Waals surface area contributed by atoms with Gasteiger partial charge in [0.15, 0.2) is 0 Å². The van der Waals surface area contributed by atoms with Gasteiger partial charge in [-0.3, -0.25) is 9.78 Å². The molecule has 23 heavy (non-hydrogen) atoms. The van der Waals surface area contributed by atoms with E-state index in [0.717, 1.165) is 40.8 Å². The number of nitrogens with zero attached hydrogens (tertiary/aromatic N) is 1. The summed E-state index contributed by atoms with van der Waals surface area (Å²) in [6.45, 7) is 5.07. The molecule has 0 radical (unpaired) electrons. The summed E-state index contributed by atoms with van der Waals surface area (Å²) < 4.78 is 4.84. The molecule has 1 heterocycles. The van der Waals surface area contributed by atoms with Crippen LogP contribution in [0.4, 0.5) is 5.69 Å². The van der Waals surface area contributed by atoms with Crippen LogP contribution in [-0.4, -0.2) is 24.6 Å². The van der Waals surface area contributed by atoms with Crippen molar-refractivity contribution in [2.45, 2.75) is 46.0 Å². The Morgan fingerprint density at radius 1 is 1.22 bits per heavy atom. The standard InChI is InChI=1S/C19H26N2O2/c1-4-5-6-9-12-20-19-15-10-7-8-11-17(15)21-14(2)16(19)13-18(22)23-3/h7-8,10-11H,4-6,9,12-13H2,1-3H3,(H,20,21). The Morgan fingerprint density at radius 3 is 2.74 bits per heavy atom. The predicted molar refractivity (Wildman–Crippen MR) is 94.8 cm³/mol. The summed E-state index contributed by atoms with van der Waals surface area (Å²) >= 11 is 0. The average Bonchev–Trinajstić information content (AvgIpc) is 2.56. The SMILES string of the molecule is CCCCCCNc1c(CC(=O)OC)c(C)nc2ccccc12. The molecule has 0 bridgehead atoms. The monoisotopic (exact) mass is 314 g/mol. The lowest BCUT2D eigenvalue weighted by Gasteiger charge is -2.16. The van der Waals surface area contributed by atoms with Gasteiger partial charge in [0.25, 0.3) is 0 Å². The fourth-order valence-corrected chi connectivity index (χ4v) is 2.77. The third-order valence-corrected chi connectivity index (χ3v) is 4.08. The highest BCUT2D eigenvalue weighted by atomic mass is 16.5. The van der Waals surface area contributed by atoms with E-state index in [4.69, 9.17) is 4.74 Å². The minimum absolute atomic E-state index is 0.237. The number of fused-ring (bicyclic) bond motifs is 1. The second-order valence-corrected chi connectivity index (χ2v) is 5.81. The number of esters is 1. The quantitative estimate of drug-likeness (QED) is 0.584. The molecule has 0 fully saturated rings. The molecule has 0 saturated carbocycles. The van der Waals surface area contributed by atoms with E-state index < -0.39 is 0 Å². The van der Waals surface area contributed by atoms with Crippen molar-refractivity contribution in [1.29, 1.82) is 0 Å². The number of methoxy groups -OCH3 is 1. The number of aryl methyl sites for hydroxylation is 1. The van der Waals surface area contributed by atoms with E-state index >= 15 is 0 Å². The van der Waals surface area contributed by atoms with Gasteiger partial charge >= 0.3 is 5.97 Å². The molecule has 4 nitrogen and oxygen atoms in total. The highest BCUT2D eigenvalue weighted by Crippen LogP contribution is 2.29. The first-order valence-corrected chi connectivity index (χ1v) is 8.36. The van der Waals surface area contributed by atoms with Crippen LogP contribution in [0.2, 0.25) is 0 Å². The van der Waals surface area contributed by atoms with Crippen molar-refractivity contribution in [3.05, 3.63) is 35.5 Å². The Balaban J connectivity index is 2.31. The van der Waals surface area contributed by atoms with Gasteiger partial charge in [-0.05, 0) is 19.4 Å². The number of aromatic nitrogens is 1. The van der Waals surface area contributed by atoms with E-state index in [1.165, 1.54) is 26.4 Å². The smallest absolute Gasteiger partial charge is 0.310 e. The van der Waals surface area contributed by atoms with E-state index in [2.05, 4.69) is 23.3 Å². The van der Waals surface area contributed by atoms with Crippen molar-refractivity contribution in [3.63, 3.8) is 0 Å². The molecule has 1 aromatic carbocycles. The van der Waals surface area contributed by atoms with Gasteiger partial charge in [-0.1, -0.05) is 44.4 Å². The summed E-state index contributed by atoms with van der Waals surface area (Å²) in [4.78, 5) is 16.4. The molecule has 0 spiro atoms. The van der Waals surface area contributed by atoms with Crippen molar-refractivity contribution >= 4 is 22.6 Å². The molecule has 0 aliphatic rings. The normalized spacial score (nSPS) is 10.7. The second kappa shape index (κ2) is 8.51. The number of para-hydroxylation sites is 1. The summed E-state index contributed by atoms with van der Waals surface area (Å²) in [7, 11) is 1.42. The minimum atomic E-state index is -0.237. The first-order chi connectivity index (χ1) is 11.2. The number of carbonyl (C=O) groups excluding carboxylic acids is 1. The Kier molecular flexibility index (Phi) is 6.39. The molecule has 0 saturated heterocycles. The topological polar surface area (TPSA) is 51.2 Å². The maximum Gasteiger partial charge on any atom is 0.310 e. The molecule has 2 rings (SSSR count). The number of benzene rings is 1. The third-order valence-electron chi connectivity index (χ3n) is 4.08. The Bertz CT molecular complexity index is 668. The van der Waals surface area contributed by atoms with Gasteiger partial charge in [0.05, 0.1) is 19.0 Å². The van der Waals surface area contributed by atoms with Crippen LogP contribution in [0.15, 0.2) is 24.3 Å². The molecule has 0 aliphatic carbocycles. The first kappa shape index (κ1) is 17.3. The van der Waals surface area contributed by atoms with Gasteiger partial charge in [0.2, 0.25) is 0 Å². The van der Waals surface area contributed by atoms with Gasteiger partial charge < -0.3 is 10.1 Å². The number of rotatable bonds is 8. The van der Waals surface area contributed by atoms with Crippen molar-refractivity contribution < 1.29 is 9.53 Å². The van der Waals surface area contributed by atoms with Crippen molar-refractivity contribution in [1.82, 2.24) is 4.98 Å². The maximum atomic E-state index is 11.8. The number of pyridine rings is 1. The van der Waals surface area contributed by atoms with E-state index in [9.17, 15) is 4.79 Å². The molecule has 124 valence electrons. The fourth-order valence-electron chi connectivity index (χ4n) is 2.77. The van der Waals surface area contributed by atoms with Crippen LogP contribution in [0.5, 0.6) is 0 Å². The first-order valence-electron chi connectivity index (χ1n) is 8.36. The average molecular weight is 314 g/mol. The lowest BCUT2D eigenvalue weighted by molar-refractivity contribution is -0.139. The second-order valence-electron chi connectivity index (χ2n) is 5.81. The molecule has 4 heteroatoms. The maximum absolute atomic E-state index is 11.8. The third kappa shape index (κ3) is 4.44. The molecule has 1 N–H and O–H groups in total. The van der Waals surface area contributed by atoms with E-state index in [-0.39, 0.29) is 12.4 Å². The van der Waals surface area contributed by atoms with Crippen LogP contribution >= 0.6 is 0 Å². The zero-order valence-corrected chi connectivity index (χ0v) is 14.3. The zero-order valence-electron chi connectivity index (χ0n) is 14.3. The lowest BCUT2D eigenvalue weighted by atomic mass is 10.0. The van der Waals surface area contributed by atoms with E-state index in [0.29, 0.717) is 0 Å². The van der Waals surface area contributed by atoms with Gasteiger partial charge in [-0.2, -0.15) is 0 Å². The number of ether oxygens (including phenoxy) is 1. The van der Waals surface area contributed by atoms with Crippen LogP contribution in [0.25, 0.3) is 10.9 Å². The number of unbranched alkanes of at least 4 members (excludes halogenated alkanes) is 3. The van der Waals surface area contributed by atoms with Gasteiger partial charge in [-0.15, -0.1) is 0 Å². The number of nitrogens with one attached hydrogen (secondary N) is 1. The summed E-state index contributed by atoms with van der Waals surface area (Å²) in [5.41, 5.74) is 3.79. The van der Waals surface area contributed by atoms with Crippen LogP contribution in [0.1, 0.15) is 43.9 Å². The van der Waals surface area contributed by atoms with E-state index in [1.54, 1.807) is 0 Å². The predicted octanol–water partition coefficient (Wildman–Crippen LogP) is 4.25. The molecule has 0 unspecified atom stereocenters. The molecule has 2 aromatic rings. The molecular formula is C19H26N2O2. The van der Waals surface area contributed by atoms with Gasteiger partial charge in [0, 0.05) is 28.9 Å². The summed E-state index contributed by atoms with van der Waals surface area (Å²) in [5.74, 6) is -0.237. The van der Waals surface area contributed by atoms with Gasteiger partial charge in [-0.25, -0.2) is 0 Å². The zero-order chi connectivity index (χ0) is 16.7. The number of anilines is 1. The van der Waals surface area contributed by atoms with Crippen molar-refractivity contribution in [3.8, 4) is 0 Å². The summed E-state index contributed by atoms with van der Waals surface area (Å²) in [5, 5.41) is 4.60. The summed E-state index contributed by atoms with van der Waals surface area (Å²) in [6.07, 6.45) is 5.08. The lowest BCUT2D eigenvalue weighted by Crippen LogP contribution is -2.12. The molecule has 0 aliphatic heterocycles. The van der Waals surface area contributed by atoms with Crippen LogP contribution in [-0.2, 0) is 16.0 Å². The van der Waals surface area contributed by atoms with E-state index in [1.807, 2.05) is 25.1 Å². The molecule has 0 atom stereocenters. The molecular weight excluding hydrogens is 288 g/mol. The van der Waals surface area contributed by atoms with Crippen LogP contribution < -0.4 is 5.32 Å². The van der Waals surface area contributed by atoms with Crippen LogP contribution in [0, 0.1) is 6.92 Å². The van der Waals surface area contributed by atoms with Crippen molar-refractivity contribution in [2.24, 2.45) is 0 Å². The van der Waals surface area contributed by atoms with Crippen molar-refractivity contribution in [2.75, 3.05) is 19.0 Å². The molecule has 1 aromatic heterocycles. The Labute approximate surface area is 138 Å². The number of hydrogen-bond acceptors (Lipinski definition) is 4. The Morgan fingerprint density at radius 2 is 2.00 bits per heavy atom. The Hall–Kier alpha value is -2.10. The number of carbonyl (C=O) groups is 1. The van der Waals surface area contributed by atoms with Gasteiger partial charge in [0.1, 0.15) is 0 Å². The highest BCUT2D eigenvalue weighted by Gasteiger charge is 2.15. The minimum Gasteiger partial charge on any atom is -0.469 e. The largest absolute Gasteiger partial charge is 0.469 e.